The molecule has 6 nitrogen and oxygen atoms in total. The van der Waals surface area contributed by atoms with E-state index in [0.29, 0.717) is 0 Å². The van der Waals surface area contributed by atoms with Gasteiger partial charge in [-0.15, -0.1) is 11.6 Å². The highest BCUT2D eigenvalue weighted by Crippen LogP contribution is 2.14. The van der Waals surface area contributed by atoms with Crippen molar-refractivity contribution in [2.45, 2.75) is 13.0 Å². The van der Waals surface area contributed by atoms with Crippen molar-refractivity contribution in [1.82, 2.24) is 4.31 Å². The lowest BCUT2D eigenvalue weighted by Crippen LogP contribution is -2.49. The van der Waals surface area contributed by atoms with Crippen molar-refractivity contribution in [2.24, 2.45) is 5.92 Å². The normalized spacial score (nSPS) is 23.6. The number of hydrogen-bond donors (Lipinski definition) is 0. The quantitative estimate of drug-likeness (QED) is 0.530. The minimum atomic E-state index is -3.41. The highest BCUT2D eigenvalue weighted by molar-refractivity contribution is 7.89. The number of nitrogens with zero attached hydrogens (tertiary/aromatic N) is 1. The van der Waals surface area contributed by atoms with Crippen LogP contribution < -0.4 is 0 Å². The summed E-state index contributed by atoms with van der Waals surface area (Å²) in [6.45, 7) is 2.21. The van der Waals surface area contributed by atoms with Crippen LogP contribution in [0.3, 0.4) is 0 Å². The molecular weight excluding hydrogens is 282 g/mol. The maximum absolute atomic E-state index is 12.1. The average Bonchev–Trinajstić information content (AvgIpc) is 2.37. The molecule has 1 heterocycles. The van der Waals surface area contributed by atoms with Crippen molar-refractivity contribution < 1.29 is 22.7 Å². The van der Waals surface area contributed by atoms with Crippen LogP contribution >= 0.6 is 11.6 Å². The lowest BCUT2D eigenvalue weighted by atomic mass is 10.3. The predicted octanol–water partition coefficient (Wildman–Crippen LogP) is 0.0649. The Morgan fingerprint density at radius 3 is 2.83 bits per heavy atom. The van der Waals surface area contributed by atoms with Crippen LogP contribution in [0, 0.1) is 5.92 Å². The largest absolute Gasteiger partial charge is 0.467 e. The van der Waals surface area contributed by atoms with E-state index in [1.807, 2.05) is 0 Å². The minimum Gasteiger partial charge on any atom is -0.467 e. The molecule has 0 spiro atoms. The van der Waals surface area contributed by atoms with Gasteiger partial charge in [0.1, 0.15) is 0 Å². The first-order chi connectivity index (χ1) is 8.40. The molecule has 1 aliphatic rings. The molecule has 0 radical (unpaired) electrons. The lowest BCUT2D eigenvalue weighted by Gasteiger charge is -2.31. The van der Waals surface area contributed by atoms with Crippen LogP contribution in [-0.2, 0) is 24.3 Å². The molecule has 8 heteroatoms. The molecule has 0 aromatic heterocycles. The fraction of sp³-hybridized carbons (Fsp3) is 0.900. The van der Waals surface area contributed by atoms with Crippen LogP contribution in [0.1, 0.15) is 6.92 Å². The van der Waals surface area contributed by atoms with Crippen molar-refractivity contribution in [3.63, 3.8) is 0 Å². The monoisotopic (exact) mass is 299 g/mol. The summed E-state index contributed by atoms with van der Waals surface area (Å²) in [5, 5.41) is 0. The molecule has 1 fully saturated rings. The molecule has 1 aliphatic heterocycles. The first kappa shape index (κ1) is 15.7. The Labute approximate surface area is 112 Å². The SMILES string of the molecule is COC(=O)C1CN(S(=O)(=O)CC(C)CCl)CCO1. The van der Waals surface area contributed by atoms with Gasteiger partial charge in [-0.1, -0.05) is 6.92 Å². The van der Waals surface area contributed by atoms with Gasteiger partial charge in [0, 0.05) is 12.4 Å². The van der Waals surface area contributed by atoms with Gasteiger partial charge in [-0.25, -0.2) is 13.2 Å². The summed E-state index contributed by atoms with van der Waals surface area (Å²) in [5.74, 6) is -0.426. The third kappa shape index (κ3) is 4.08. The van der Waals surface area contributed by atoms with Crippen molar-refractivity contribution in [2.75, 3.05) is 38.4 Å². The van der Waals surface area contributed by atoms with E-state index >= 15 is 0 Å². The number of methoxy groups -OCH3 is 1. The van der Waals surface area contributed by atoms with Gasteiger partial charge in [0.05, 0.1) is 26.0 Å². The summed E-state index contributed by atoms with van der Waals surface area (Å²) < 4.78 is 35.1. The molecule has 0 bridgehead atoms. The zero-order valence-electron chi connectivity index (χ0n) is 10.5. The highest BCUT2D eigenvalue weighted by atomic mass is 35.5. The number of rotatable bonds is 5. The molecule has 0 aromatic carbocycles. The molecule has 0 amide bonds. The Morgan fingerprint density at radius 1 is 1.61 bits per heavy atom. The number of ether oxygens (including phenoxy) is 2. The first-order valence-corrected chi connectivity index (χ1v) is 7.78. The third-order valence-corrected chi connectivity index (χ3v) is 5.28. The van der Waals surface area contributed by atoms with Gasteiger partial charge in [0.25, 0.3) is 0 Å². The van der Waals surface area contributed by atoms with E-state index in [2.05, 4.69) is 4.74 Å². The molecule has 0 aromatic rings. The number of esters is 1. The number of carbonyl (C=O) groups excluding carboxylic acids is 1. The second-order valence-electron chi connectivity index (χ2n) is 4.28. The van der Waals surface area contributed by atoms with Gasteiger partial charge < -0.3 is 9.47 Å². The van der Waals surface area contributed by atoms with Crippen LogP contribution in [0.25, 0.3) is 0 Å². The number of carbonyl (C=O) groups is 1. The van der Waals surface area contributed by atoms with Gasteiger partial charge >= 0.3 is 5.97 Å². The predicted molar refractivity (Wildman–Crippen MR) is 67.0 cm³/mol. The minimum absolute atomic E-state index is 0.00398. The first-order valence-electron chi connectivity index (χ1n) is 5.64. The van der Waals surface area contributed by atoms with Crippen molar-refractivity contribution >= 4 is 27.6 Å². The van der Waals surface area contributed by atoms with Gasteiger partial charge in [-0.05, 0) is 5.92 Å². The fourth-order valence-corrected chi connectivity index (χ4v) is 3.66. The van der Waals surface area contributed by atoms with Crippen molar-refractivity contribution in [3.05, 3.63) is 0 Å². The summed E-state index contributed by atoms with van der Waals surface area (Å²) in [7, 11) is -2.16. The van der Waals surface area contributed by atoms with Crippen LogP contribution in [-0.4, -0.2) is 63.2 Å². The smallest absolute Gasteiger partial charge is 0.336 e. The number of alkyl halides is 1. The zero-order valence-corrected chi connectivity index (χ0v) is 12.0. The summed E-state index contributed by atoms with van der Waals surface area (Å²) in [5.41, 5.74) is 0. The Balaban J connectivity index is 2.68. The van der Waals surface area contributed by atoms with E-state index in [-0.39, 0.29) is 37.2 Å². The number of hydrogen-bond acceptors (Lipinski definition) is 5. The summed E-state index contributed by atoms with van der Waals surface area (Å²) in [4.78, 5) is 11.3. The summed E-state index contributed by atoms with van der Waals surface area (Å²) in [6.07, 6.45) is -0.843. The van der Waals surface area contributed by atoms with Crippen LogP contribution in [0.5, 0.6) is 0 Å². The van der Waals surface area contributed by atoms with Gasteiger partial charge in [-0.3, -0.25) is 0 Å². The van der Waals surface area contributed by atoms with Crippen LogP contribution in [0.2, 0.25) is 0 Å². The molecule has 0 aliphatic carbocycles. The second kappa shape index (κ2) is 6.70. The molecular formula is C10H18ClNO5S. The Morgan fingerprint density at radius 2 is 2.28 bits per heavy atom. The van der Waals surface area contributed by atoms with Crippen molar-refractivity contribution in [1.29, 1.82) is 0 Å². The van der Waals surface area contributed by atoms with E-state index < -0.39 is 22.1 Å². The Kier molecular flexibility index (Phi) is 5.84. The number of morpholine rings is 1. The summed E-state index contributed by atoms with van der Waals surface area (Å²) in [6, 6.07) is 0. The Bertz CT molecular complexity index is 386. The van der Waals surface area contributed by atoms with E-state index in [9.17, 15) is 13.2 Å². The fourth-order valence-electron chi connectivity index (χ4n) is 1.66. The zero-order chi connectivity index (χ0) is 13.8. The molecule has 18 heavy (non-hydrogen) atoms. The molecule has 1 rings (SSSR count). The van der Waals surface area contributed by atoms with Gasteiger partial charge in [-0.2, -0.15) is 4.31 Å². The maximum Gasteiger partial charge on any atom is 0.336 e. The van der Waals surface area contributed by atoms with Gasteiger partial charge in [0.2, 0.25) is 10.0 Å². The molecule has 1 saturated heterocycles. The number of halogens is 1. The molecule has 0 saturated carbocycles. The standard InChI is InChI=1S/C10H18ClNO5S/c1-8(5-11)7-18(14,15)12-3-4-17-9(6-12)10(13)16-2/h8-9H,3-7H2,1-2H3. The molecule has 106 valence electrons. The van der Waals surface area contributed by atoms with Crippen LogP contribution in [0.4, 0.5) is 0 Å². The molecule has 2 unspecified atom stereocenters. The van der Waals surface area contributed by atoms with E-state index in [0.717, 1.165) is 0 Å². The van der Waals surface area contributed by atoms with Crippen molar-refractivity contribution in [3.8, 4) is 0 Å². The van der Waals surface area contributed by atoms with Crippen LogP contribution in [0.15, 0.2) is 0 Å². The lowest BCUT2D eigenvalue weighted by molar-refractivity contribution is -0.157. The second-order valence-corrected chi connectivity index (χ2v) is 6.60. The molecule has 0 N–H and O–H groups in total. The molecule has 2 atom stereocenters. The van der Waals surface area contributed by atoms with E-state index in [4.69, 9.17) is 16.3 Å². The van der Waals surface area contributed by atoms with E-state index in [1.165, 1.54) is 11.4 Å². The van der Waals surface area contributed by atoms with Gasteiger partial charge in [0.15, 0.2) is 6.10 Å². The topological polar surface area (TPSA) is 72.9 Å². The maximum atomic E-state index is 12.1. The van der Waals surface area contributed by atoms with E-state index in [1.54, 1.807) is 6.92 Å². The number of sulfonamides is 1. The highest BCUT2D eigenvalue weighted by Gasteiger charge is 2.34. The Hall–Kier alpha value is -0.370. The third-order valence-electron chi connectivity index (χ3n) is 2.65. The summed E-state index contributed by atoms with van der Waals surface area (Å²) >= 11 is 5.62. The average molecular weight is 300 g/mol.